The van der Waals surface area contributed by atoms with Crippen molar-refractivity contribution in [1.29, 1.82) is 0 Å². The molecule has 0 unspecified atom stereocenters. The predicted molar refractivity (Wildman–Crippen MR) is 84.9 cm³/mol. The Morgan fingerprint density at radius 3 is 2.24 bits per heavy atom. The number of nitrogens with zero attached hydrogens (tertiary/aromatic N) is 1. The van der Waals surface area contributed by atoms with Crippen LogP contribution in [0.25, 0.3) is 0 Å². The second-order valence-corrected chi connectivity index (χ2v) is 5.14. The Morgan fingerprint density at radius 2 is 1.67 bits per heavy atom. The summed E-state index contributed by atoms with van der Waals surface area (Å²) in [6, 6.07) is 9.89. The molecule has 1 N–H and O–H groups in total. The van der Waals surface area contributed by atoms with E-state index in [1.165, 1.54) is 0 Å². The highest BCUT2D eigenvalue weighted by atomic mass is 16.2. The molecule has 0 aliphatic heterocycles. The second kappa shape index (κ2) is 9.97. The summed E-state index contributed by atoms with van der Waals surface area (Å²) in [5.74, 6) is -0.0630. The molecule has 0 saturated carbocycles. The minimum atomic E-state index is -0.0693. The Kier molecular flexibility index (Phi) is 8.17. The van der Waals surface area contributed by atoms with E-state index in [-0.39, 0.29) is 18.4 Å². The van der Waals surface area contributed by atoms with Gasteiger partial charge in [0, 0.05) is 19.5 Å². The smallest absolute Gasteiger partial charge is 0.241 e. The van der Waals surface area contributed by atoms with Gasteiger partial charge in [-0.3, -0.25) is 9.59 Å². The number of benzene rings is 1. The lowest BCUT2D eigenvalue weighted by Crippen LogP contribution is -2.41. The monoisotopic (exact) mass is 290 g/mol. The van der Waals surface area contributed by atoms with Crippen LogP contribution in [0.4, 0.5) is 0 Å². The van der Waals surface area contributed by atoms with Gasteiger partial charge in [-0.05, 0) is 24.8 Å². The molecule has 4 heteroatoms. The van der Waals surface area contributed by atoms with Crippen molar-refractivity contribution in [2.45, 2.75) is 39.5 Å². The Morgan fingerprint density at radius 1 is 1.05 bits per heavy atom. The molecule has 0 atom stereocenters. The van der Waals surface area contributed by atoms with Gasteiger partial charge < -0.3 is 10.2 Å². The van der Waals surface area contributed by atoms with Crippen molar-refractivity contribution in [1.82, 2.24) is 10.2 Å². The normalized spacial score (nSPS) is 10.2. The molecule has 0 aliphatic carbocycles. The Balaban J connectivity index is 2.29. The van der Waals surface area contributed by atoms with Crippen LogP contribution < -0.4 is 5.32 Å². The summed E-state index contributed by atoms with van der Waals surface area (Å²) in [7, 11) is 0. The molecule has 21 heavy (non-hydrogen) atoms. The zero-order valence-electron chi connectivity index (χ0n) is 13.1. The summed E-state index contributed by atoms with van der Waals surface area (Å²) in [5, 5.41) is 2.72. The van der Waals surface area contributed by atoms with Crippen LogP contribution in [0.5, 0.6) is 0 Å². The van der Waals surface area contributed by atoms with Crippen LogP contribution in [0.15, 0.2) is 30.3 Å². The first-order valence-corrected chi connectivity index (χ1v) is 7.75. The van der Waals surface area contributed by atoms with Crippen molar-refractivity contribution in [2.24, 2.45) is 0 Å². The number of hydrogen-bond donors (Lipinski definition) is 1. The summed E-state index contributed by atoms with van der Waals surface area (Å²) in [5.41, 5.74) is 1.14. The van der Waals surface area contributed by atoms with E-state index < -0.39 is 0 Å². The van der Waals surface area contributed by atoms with Crippen LogP contribution >= 0.6 is 0 Å². The first kappa shape index (κ1) is 17.2. The molecule has 1 aromatic rings. The maximum Gasteiger partial charge on any atom is 0.241 e. The largest absolute Gasteiger partial charge is 0.347 e. The van der Waals surface area contributed by atoms with E-state index in [1.807, 2.05) is 49.1 Å². The van der Waals surface area contributed by atoms with E-state index in [9.17, 15) is 9.59 Å². The van der Waals surface area contributed by atoms with E-state index in [0.29, 0.717) is 12.8 Å². The number of carbonyl (C=O) groups excluding carboxylic acids is 2. The Labute approximate surface area is 127 Å². The molecular weight excluding hydrogens is 264 g/mol. The maximum atomic E-state index is 12.0. The first-order chi connectivity index (χ1) is 10.2. The SMILES string of the molecule is CCCN(CCC)C(=O)CNC(=O)CCc1ccccc1. The summed E-state index contributed by atoms with van der Waals surface area (Å²) in [4.78, 5) is 25.6. The molecule has 1 rings (SSSR count). The third-order valence-corrected chi connectivity index (χ3v) is 3.26. The zero-order chi connectivity index (χ0) is 15.5. The molecule has 0 aromatic heterocycles. The minimum absolute atomic E-state index is 0.00626. The molecule has 0 saturated heterocycles. The molecule has 0 aliphatic rings. The van der Waals surface area contributed by atoms with Gasteiger partial charge in [0.2, 0.25) is 11.8 Å². The number of amides is 2. The van der Waals surface area contributed by atoms with Crippen molar-refractivity contribution < 1.29 is 9.59 Å². The van der Waals surface area contributed by atoms with Crippen LogP contribution in [-0.2, 0) is 16.0 Å². The van der Waals surface area contributed by atoms with E-state index in [2.05, 4.69) is 5.32 Å². The van der Waals surface area contributed by atoms with Crippen LogP contribution in [0.2, 0.25) is 0 Å². The van der Waals surface area contributed by atoms with Gasteiger partial charge in [0.05, 0.1) is 6.54 Å². The number of hydrogen-bond acceptors (Lipinski definition) is 2. The lowest BCUT2D eigenvalue weighted by molar-refractivity contribution is -0.133. The summed E-state index contributed by atoms with van der Waals surface area (Å²) in [6.45, 7) is 5.72. The molecule has 0 spiro atoms. The number of nitrogens with one attached hydrogen (secondary N) is 1. The predicted octanol–water partition coefficient (Wildman–Crippen LogP) is 2.38. The van der Waals surface area contributed by atoms with Crippen LogP contribution in [-0.4, -0.2) is 36.3 Å². The van der Waals surface area contributed by atoms with Crippen molar-refractivity contribution in [3.8, 4) is 0 Å². The van der Waals surface area contributed by atoms with Crippen molar-refractivity contribution in [3.63, 3.8) is 0 Å². The fourth-order valence-electron chi connectivity index (χ4n) is 2.18. The topological polar surface area (TPSA) is 49.4 Å². The van der Waals surface area contributed by atoms with Gasteiger partial charge in [0.25, 0.3) is 0 Å². The molecule has 116 valence electrons. The molecule has 2 amide bonds. The van der Waals surface area contributed by atoms with Gasteiger partial charge in [-0.25, -0.2) is 0 Å². The third-order valence-electron chi connectivity index (χ3n) is 3.26. The highest BCUT2D eigenvalue weighted by Crippen LogP contribution is 2.02. The van der Waals surface area contributed by atoms with E-state index in [4.69, 9.17) is 0 Å². The van der Waals surface area contributed by atoms with Crippen molar-refractivity contribution in [3.05, 3.63) is 35.9 Å². The summed E-state index contributed by atoms with van der Waals surface area (Å²) >= 11 is 0. The van der Waals surface area contributed by atoms with Crippen LogP contribution in [0.3, 0.4) is 0 Å². The molecule has 0 bridgehead atoms. The summed E-state index contributed by atoms with van der Waals surface area (Å²) < 4.78 is 0. The molecule has 4 nitrogen and oxygen atoms in total. The fraction of sp³-hybridized carbons (Fsp3) is 0.529. The standard InChI is InChI=1S/C17H26N2O2/c1-3-12-19(13-4-2)17(21)14-18-16(20)11-10-15-8-6-5-7-9-15/h5-9H,3-4,10-14H2,1-2H3,(H,18,20). The van der Waals surface area contributed by atoms with Gasteiger partial charge >= 0.3 is 0 Å². The quantitative estimate of drug-likeness (QED) is 0.759. The van der Waals surface area contributed by atoms with Gasteiger partial charge in [-0.15, -0.1) is 0 Å². The molecule has 1 aromatic carbocycles. The number of rotatable bonds is 9. The highest BCUT2D eigenvalue weighted by molar-refractivity contribution is 5.84. The minimum Gasteiger partial charge on any atom is -0.347 e. The second-order valence-electron chi connectivity index (χ2n) is 5.14. The van der Waals surface area contributed by atoms with Gasteiger partial charge in [-0.2, -0.15) is 0 Å². The molecule has 0 radical (unpaired) electrons. The zero-order valence-corrected chi connectivity index (χ0v) is 13.1. The highest BCUT2D eigenvalue weighted by Gasteiger charge is 2.12. The lowest BCUT2D eigenvalue weighted by Gasteiger charge is -2.21. The summed E-state index contributed by atoms with van der Waals surface area (Å²) in [6.07, 6.45) is 2.99. The lowest BCUT2D eigenvalue weighted by atomic mass is 10.1. The number of carbonyl (C=O) groups is 2. The van der Waals surface area contributed by atoms with Crippen molar-refractivity contribution >= 4 is 11.8 Å². The third kappa shape index (κ3) is 6.93. The van der Waals surface area contributed by atoms with E-state index in [1.54, 1.807) is 0 Å². The molecule has 0 heterocycles. The number of aryl methyl sites for hydroxylation is 1. The first-order valence-electron chi connectivity index (χ1n) is 7.75. The molecule has 0 fully saturated rings. The van der Waals surface area contributed by atoms with Gasteiger partial charge in [-0.1, -0.05) is 44.2 Å². The van der Waals surface area contributed by atoms with E-state index >= 15 is 0 Å². The van der Waals surface area contributed by atoms with Crippen LogP contribution in [0, 0.1) is 0 Å². The average molecular weight is 290 g/mol. The van der Waals surface area contributed by atoms with Crippen LogP contribution in [0.1, 0.15) is 38.7 Å². The fourth-order valence-corrected chi connectivity index (χ4v) is 2.18. The average Bonchev–Trinajstić information content (AvgIpc) is 2.51. The Bertz CT molecular complexity index is 426. The van der Waals surface area contributed by atoms with Gasteiger partial charge in [0.1, 0.15) is 0 Å². The molecular formula is C17H26N2O2. The Hall–Kier alpha value is -1.84. The van der Waals surface area contributed by atoms with E-state index in [0.717, 1.165) is 31.5 Å². The van der Waals surface area contributed by atoms with Crippen molar-refractivity contribution in [2.75, 3.05) is 19.6 Å². The van der Waals surface area contributed by atoms with Gasteiger partial charge in [0.15, 0.2) is 0 Å². The maximum absolute atomic E-state index is 12.0.